The van der Waals surface area contributed by atoms with Crippen molar-refractivity contribution in [3.05, 3.63) is 50.1 Å². The molecule has 6 nitrogen and oxygen atoms in total. The third-order valence-electron chi connectivity index (χ3n) is 4.97. The first-order chi connectivity index (χ1) is 13.2. The summed E-state index contributed by atoms with van der Waals surface area (Å²) >= 11 is 5.07. The van der Waals surface area contributed by atoms with Crippen molar-refractivity contribution in [3.63, 3.8) is 0 Å². The van der Waals surface area contributed by atoms with Gasteiger partial charge in [0.1, 0.15) is 0 Å². The molecule has 1 unspecified atom stereocenters. The van der Waals surface area contributed by atoms with Crippen LogP contribution in [0.5, 0.6) is 0 Å². The Labute approximate surface area is 178 Å². The molecule has 0 saturated carbocycles. The van der Waals surface area contributed by atoms with E-state index in [9.17, 15) is 13.2 Å². The average molecular weight is 486 g/mol. The Bertz CT molecular complexity index is 973. The van der Waals surface area contributed by atoms with Gasteiger partial charge in [0, 0.05) is 54.7 Å². The molecule has 0 fully saturated rings. The predicted octanol–water partition coefficient (Wildman–Crippen LogP) is 2.94. The van der Waals surface area contributed by atoms with Gasteiger partial charge in [-0.05, 0) is 64.5 Å². The summed E-state index contributed by atoms with van der Waals surface area (Å²) in [6, 6.07) is 7.00. The highest BCUT2D eigenvalue weighted by Crippen LogP contribution is 2.26. The quantitative estimate of drug-likeness (QED) is 0.682. The van der Waals surface area contributed by atoms with Crippen molar-refractivity contribution < 1.29 is 13.2 Å². The van der Waals surface area contributed by atoms with Gasteiger partial charge in [0.15, 0.2) is 0 Å². The maximum atomic E-state index is 12.6. The van der Waals surface area contributed by atoms with Crippen LogP contribution in [0.3, 0.4) is 0 Å². The molecule has 28 heavy (non-hydrogen) atoms. The number of sulfonamides is 1. The Hall–Kier alpha value is -1.26. The lowest BCUT2D eigenvalue weighted by atomic mass is 10.1. The molecule has 2 heterocycles. The van der Waals surface area contributed by atoms with Gasteiger partial charge >= 0.3 is 0 Å². The molecule has 1 aromatic heterocycles. The van der Waals surface area contributed by atoms with Gasteiger partial charge in [-0.25, -0.2) is 12.7 Å². The van der Waals surface area contributed by atoms with Crippen molar-refractivity contribution in [3.8, 4) is 0 Å². The second-order valence-electron chi connectivity index (χ2n) is 7.08. The number of halogens is 1. The summed E-state index contributed by atoms with van der Waals surface area (Å²) < 4.78 is 26.4. The molecule has 0 radical (unpaired) electrons. The first kappa shape index (κ1) is 21.4. The zero-order chi connectivity index (χ0) is 20.5. The summed E-state index contributed by atoms with van der Waals surface area (Å²) in [5.74, 6) is -0.275. The van der Waals surface area contributed by atoms with E-state index in [1.54, 1.807) is 12.1 Å². The molecule has 3 rings (SSSR count). The monoisotopic (exact) mass is 485 g/mol. The number of nitrogens with zero attached hydrogens (tertiary/aromatic N) is 2. The van der Waals surface area contributed by atoms with Gasteiger partial charge in [-0.15, -0.1) is 11.3 Å². The number of hydrogen-bond donors (Lipinski definition) is 1. The number of fused-ring (bicyclic) bond motifs is 1. The third kappa shape index (κ3) is 4.49. The smallest absolute Gasteiger partial charge is 0.251 e. The SMILES string of the molecule is CC(CNC(=O)c1ccc(Br)c(S(=O)(=O)N(C)C)c1)N1CCc2sccc2C1. The van der Waals surface area contributed by atoms with E-state index >= 15 is 0 Å². The molecule has 1 aliphatic heterocycles. The van der Waals surface area contributed by atoms with Crippen LogP contribution in [0, 0.1) is 0 Å². The van der Waals surface area contributed by atoms with Crippen molar-refractivity contribution in [1.29, 1.82) is 0 Å². The second-order valence-corrected chi connectivity index (χ2v) is 11.1. The van der Waals surface area contributed by atoms with Crippen molar-refractivity contribution in [2.45, 2.75) is 30.8 Å². The minimum atomic E-state index is -3.64. The number of rotatable bonds is 6. The molecule has 1 amide bonds. The van der Waals surface area contributed by atoms with E-state index in [0.717, 1.165) is 23.8 Å². The van der Waals surface area contributed by atoms with Gasteiger partial charge in [-0.2, -0.15) is 0 Å². The summed E-state index contributed by atoms with van der Waals surface area (Å²) in [7, 11) is -0.704. The minimum absolute atomic E-state index is 0.0826. The molecule has 0 saturated heterocycles. The number of benzene rings is 1. The van der Waals surface area contributed by atoms with Gasteiger partial charge in [0.05, 0.1) is 4.90 Å². The lowest BCUT2D eigenvalue weighted by Crippen LogP contribution is -2.44. The van der Waals surface area contributed by atoms with Gasteiger partial charge in [-0.1, -0.05) is 0 Å². The number of amides is 1. The molecular formula is C19H24BrN3O3S2. The van der Waals surface area contributed by atoms with Crippen LogP contribution in [0.2, 0.25) is 0 Å². The Kier molecular flexibility index (Phi) is 6.61. The van der Waals surface area contributed by atoms with Gasteiger partial charge in [0.25, 0.3) is 5.91 Å². The molecule has 1 N–H and O–H groups in total. The number of nitrogens with one attached hydrogen (secondary N) is 1. The summed E-state index contributed by atoms with van der Waals surface area (Å²) in [6.07, 6.45) is 1.05. The second kappa shape index (κ2) is 8.62. The van der Waals surface area contributed by atoms with Crippen molar-refractivity contribution >= 4 is 43.2 Å². The Balaban J connectivity index is 1.65. The number of hydrogen-bond acceptors (Lipinski definition) is 5. The highest BCUT2D eigenvalue weighted by molar-refractivity contribution is 9.10. The summed E-state index contributed by atoms with van der Waals surface area (Å²) in [5.41, 5.74) is 1.70. The van der Waals surface area contributed by atoms with Crippen LogP contribution >= 0.6 is 27.3 Å². The maximum Gasteiger partial charge on any atom is 0.251 e. The number of thiophene rings is 1. The summed E-state index contributed by atoms with van der Waals surface area (Å²) in [6.45, 7) is 4.48. The molecule has 0 aliphatic carbocycles. The molecule has 9 heteroatoms. The summed E-state index contributed by atoms with van der Waals surface area (Å²) in [5, 5.41) is 5.07. The topological polar surface area (TPSA) is 69.7 Å². The fourth-order valence-corrected chi connectivity index (χ4v) is 5.89. The molecular weight excluding hydrogens is 462 g/mol. The Morgan fingerprint density at radius 3 is 2.82 bits per heavy atom. The van der Waals surface area contributed by atoms with E-state index in [1.165, 1.54) is 30.6 Å². The van der Waals surface area contributed by atoms with E-state index in [1.807, 2.05) is 11.3 Å². The zero-order valence-corrected chi connectivity index (χ0v) is 19.3. The van der Waals surface area contributed by atoms with E-state index in [4.69, 9.17) is 0 Å². The minimum Gasteiger partial charge on any atom is -0.350 e. The standard InChI is InChI=1S/C19H24BrN3O3S2/c1-13(23-8-6-17-15(12-23)7-9-27-17)11-21-19(24)14-4-5-16(20)18(10-14)28(25,26)22(2)3/h4-5,7,9-10,13H,6,8,11-12H2,1-3H3,(H,21,24). The van der Waals surface area contributed by atoms with E-state index < -0.39 is 10.0 Å². The van der Waals surface area contributed by atoms with E-state index in [-0.39, 0.29) is 16.8 Å². The van der Waals surface area contributed by atoms with Gasteiger partial charge in [0.2, 0.25) is 10.0 Å². The van der Waals surface area contributed by atoms with Crippen molar-refractivity contribution in [2.75, 3.05) is 27.2 Å². The first-order valence-electron chi connectivity index (χ1n) is 8.99. The van der Waals surface area contributed by atoms with Gasteiger partial charge in [-0.3, -0.25) is 9.69 Å². The molecule has 2 aromatic rings. The number of carbonyl (C=O) groups is 1. The molecule has 1 aliphatic rings. The lowest BCUT2D eigenvalue weighted by Gasteiger charge is -2.32. The largest absolute Gasteiger partial charge is 0.350 e. The molecule has 0 bridgehead atoms. The van der Waals surface area contributed by atoms with Crippen LogP contribution in [0.1, 0.15) is 27.7 Å². The van der Waals surface area contributed by atoms with Crippen LogP contribution in [0.25, 0.3) is 0 Å². The van der Waals surface area contributed by atoms with Crippen LogP contribution < -0.4 is 5.32 Å². The first-order valence-corrected chi connectivity index (χ1v) is 12.1. The van der Waals surface area contributed by atoms with Crippen LogP contribution in [0.15, 0.2) is 39.0 Å². The Morgan fingerprint density at radius 1 is 1.36 bits per heavy atom. The highest BCUT2D eigenvalue weighted by atomic mass is 79.9. The Morgan fingerprint density at radius 2 is 2.11 bits per heavy atom. The van der Waals surface area contributed by atoms with Crippen molar-refractivity contribution in [1.82, 2.24) is 14.5 Å². The third-order valence-corrected chi connectivity index (χ3v) is 8.80. The molecule has 152 valence electrons. The van der Waals surface area contributed by atoms with Crippen LogP contribution in [0.4, 0.5) is 0 Å². The van der Waals surface area contributed by atoms with Crippen LogP contribution in [-0.2, 0) is 23.0 Å². The molecule has 0 spiro atoms. The lowest BCUT2D eigenvalue weighted by molar-refractivity contribution is 0.0932. The fourth-order valence-electron chi connectivity index (χ4n) is 3.16. The predicted molar refractivity (Wildman–Crippen MR) is 115 cm³/mol. The van der Waals surface area contributed by atoms with E-state index in [2.05, 4.69) is 44.5 Å². The van der Waals surface area contributed by atoms with Crippen molar-refractivity contribution in [2.24, 2.45) is 0 Å². The molecule has 1 atom stereocenters. The zero-order valence-electron chi connectivity index (χ0n) is 16.1. The normalized spacial score (nSPS) is 16.0. The maximum absolute atomic E-state index is 12.6. The summed E-state index contributed by atoms with van der Waals surface area (Å²) in [4.78, 5) is 16.5. The van der Waals surface area contributed by atoms with Crippen LogP contribution in [-0.4, -0.2) is 56.8 Å². The van der Waals surface area contributed by atoms with Gasteiger partial charge < -0.3 is 5.32 Å². The number of carbonyl (C=O) groups excluding carboxylic acids is 1. The fraction of sp³-hybridized carbons (Fsp3) is 0.421. The highest BCUT2D eigenvalue weighted by Gasteiger charge is 2.24. The molecule has 1 aromatic carbocycles. The van der Waals surface area contributed by atoms with E-state index in [0.29, 0.717) is 16.6 Å². The average Bonchev–Trinajstić information content (AvgIpc) is 3.13.